The monoisotopic (exact) mass is 441 g/mol. The number of carbonyl (C=O) groups is 1. The molecule has 0 spiro atoms. The molecule has 0 heterocycles. The van der Waals surface area contributed by atoms with Crippen LogP contribution in [-0.2, 0) is 12.8 Å². The fourth-order valence-corrected chi connectivity index (χ4v) is 4.80. The van der Waals surface area contributed by atoms with Crippen LogP contribution < -0.4 is 16.0 Å². The van der Waals surface area contributed by atoms with Gasteiger partial charge in [0.2, 0.25) is 0 Å². The molecule has 3 aromatic rings. The molecule has 5 rings (SSSR count). The molecule has 0 aromatic heterocycles. The molecule has 1 amide bonds. The minimum Gasteiger partial charge on any atom is -0.360 e. The second kappa shape index (κ2) is 9.13. The predicted molar refractivity (Wildman–Crippen MR) is 135 cm³/mol. The van der Waals surface area contributed by atoms with Crippen LogP contribution in [0.25, 0.3) is 16.8 Å². The minimum absolute atomic E-state index is 0.0336. The molecular formula is C27H27N3OS. The summed E-state index contributed by atoms with van der Waals surface area (Å²) in [7, 11) is 0. The van der Waals surface area contributed by atoms with Crippen LogP contribution in [0, 0.1) is 0 Å². The van der Waals surface area contributed by atoms with Gasteiger partial charge in [-0.1, -0.05) is 66.7 Å². The van der Waals surface area contributed by atoms with E-state index in [9.17, 15) is 4.79 Å². The van der Waals surface area contributed by atoms with E-state index in [0.29, 0.717) is 12.6 Å². The Kier molecular flexibility index (Phi) is 5.91. The minimum atomic E-state index is -0.0336. The first-order valence-corrected chi connectivity index (χ1v) is 11.7. The Bertz CT molecular complexity index is 1180. The third-order valence-corrected chi connectivity index (χ3v) is 6.37. The van der Waals surface area contributed by atoms with Gasteiger partial charge in [-0.15, -0.1) is 0 Å². The van der Waals surface area contributed by atoms with Crippen LogP contribution in [0.4, 0.5) is 0 Å². The average Bonchev–Trinajstić information content (AvgIpc) is 3.61. The van der Waals surface area contributed by atoms with Crippen LogP contribution in [0.2, 0.25) is 0 Å². The fourth-order valence-electron chi connectivity index (χ4n) is 4.46. The molecule has 0 aliphatic heterocycles. The van der Waals surface area contributed by atoms with Crippen molar-refractivity contribution < 1.29 is 4.79 Å². The van der Waals surface area contributed by atoms with Gasteiger partial charge in [0.1, 0.15) is 0 Å². The number of nitrogens with one attached hydrogen (secondary N) is 3. The number of hydrogen-bond acceptors (Lipinski definition) is 2. The Hall–Kier alpha value is -3.18. The smallest absolute Gasteiger partial charge is 0.251 e. The standard InChI is InChI=1S/C27H27N3OS/c31-26(28-15-5-8-18-6-2-1-3-7-18)23-14-11-19-9-4-10-20-16-22(17-24(23)25(19)20)30-27(32)29-21-12-13-21/h1-11,14,21-22H,12-13,15-17H2,(H,28,31)(H2,29,30,32). The number of benzene rings is 3. The Morgan fingerprint density at radius 1 is 0.938 bits per heavy atom. The van der Waals surface area contributed by atoms with Crippen LogP contribution in [0.1, 0.15) is 39.9 Å². The first-order chi connectivity index (χ1) is 15.7. The highest BCUT2D eigenvalue weighted by atomic mass is 32.1. The van der Waals surface area contributed by atoms with Gasteiger partial charge < -0.3 is 16.0 Å². The molecule has 1 atom stereocenters. The molecule has 4 nitrogen and oxygen atoms in total. The molecule has 0 bridgehead atoms. The molecule has 0 saturated heterocycles. The first-order valence-electron chi connectivity index (χ1n) is 11.3. The second-order valence-corrected chi connectivity index (χ2v) is 9.04. The molecule has 162 valence electrons. The maximum Gasteiger partial charge on any atom is 0.251 e. The zero-order chi connectivity index (χ0) is 21.9. The van der Waals surface area contributed by atoms with Crippen molar-refractivity contribution in [2.24, 2.45) is 0 Å². The summed E-state index contributed by atoms with van der Waals surface area (Å²) in [6.07, 6.45) is 8.08. The van der Waals surface area contributed by atoms with E-state index in [4.69, 9.17) is 12.2 Å². The summed E-state index contributed by atoms with van der Waals surface area (Å²) < 4.78 is 0. The van der Waals surface area contributed by atoms with Gasteiger partial charge in [0.25, 0.3) is 5.91 Å². The van der Waals surface area contributed by atoms with E-state index in [2.05, 4.69) is 40.2 Å². The van der Waals surface area contributed by atoms with Gasteiger partial charge in [-0.2, -0.15) is 0 Å². The molecule has 2 aliphatic carbocycles. The topological polar surface area (TPSA) is 53.2 Å². The molecule has 1 fully saturated rings. The van der Waals surface area contributed by atoms with Crippen LogP contribution in [0.5, 0.6) is 0 Å². The Morgan fingerprint density at radius 2 is 1.75 bits per heavy atom. The molecule has 32 heavy (non-hydrogen) atoms. The van der Waals surface area contributed by atoms with Gasteiger partial charge in [-0.3, -0.25) is 4.79 Å². The van der Waals surface area contributed by atoms with E-state index in [0.717, 1.165) is 34.6 Å². The van der Waals surface area contributed by atoms with Crippen molar-refractivity contribution in [2.45, 2.75) is 37.8 Å². The van der Waals surface area contributed by atoms with Crippen LogP contribution in [0.3, 0.4) is 0 Å². The first kappa shape index (κ1) is 20.7. The van der Waals surface area contributed by atoms with E-state index in [-0.39, 0.29) is 11.9 Å². The normalized spacial score (nSPS) is 17.3. The molecular weight excluding hydrogens is 414 g/mol. The third-order valence-electron chi connectivity index (χ3n) is 6.14. The van der Waals surface area contributed by atoms with Crippen LogP contribution in [0.15, 0.2) is 66.7 Å². The van der Waals surface area contributed by atoms with Gasteiger partial charge in [-0.05, 0) is 71.4 Å². The van der Waals surface area contributed by atoms with Crippen molar-refractivity contribution in [2.75, 3.05) is 6.54 Å². The number of rotatable bonds is 6. The quantitative estimate of drug-likeness (QED) is 0.497. The zero-order valence-electron chi connectivity index (χ0n) is 17.9. The lowest BCUT2D eigenvalue weighted by molar-refractivity contribution is 0.0957. The molecule has 2 aliphatic rings. The van der Waals surface area contributed by atoms with Gasteiger partial charge in [0.15, 0.2) is 5.11 Å². The van der Waals surface area contributed by atoms with Crippen molar-refractivity contribution in [3.8, 4) is 0 Å². The highest BCUT2D eigenvalue weighted by molar-refractivity contribution is 7.80. The van der Waals surface area contributed by atoms with Gasteiger partial charge in [0, 0.05) is 24.2 Å². The maximum atomic E-state index is 13.1. The summed E-state index contributed by atoms with van der Waals surface area (Å²) in [5.41, 5.74) is 4.26. The van der Waals surface area contributed by atoms with Crippen LogP contribution >= 0.6 is 12.2 Å². The second-order valence-electron chi connectivity index (χ2n) is 8.63. The van der Waals surface area contributed by atoms with Crippen molar-refractivity contribution >= 4 is 40.1 Å². The Labute approximate surface area is 194 Å². The van der Waals surface area contributed by atoms with Crippen molar-refractivity contribution in [1.82, 2.24) is 16.0 Å². The van der Waals surface area contributed by atoms with E-state index in [1.165, 1.54) is 29.2 Å². The summed E-state index contributed by atoms with van der Waals surface area (Å²) in [6.45, 7) is 0.490. The molecule has 0 radical (unpaired) electrons. The van der Waals surface area contributed by atoms with E-state index in [1.807, 2.05) is 48.6 Å². The SMILES string of the molecule is O=C(NCC=Cc1ccccc1)c1ccc2cccc3c2c1CC(NC(=S)NC1CC1)C3. The summed E-state index contributed by atoms with van der Waals surface area (Å²) in [4.78, 5) is 13.1. The molecule has 3 aromatic carbocycles. The lowest BCUT2D eigenvalue weighted by atomic mass is 9.83. The summed E-state index contributed by atoms with van der Waals surface area (Å²) >= 11 is 5.52. The van der Waals surface area contributed by atoms with Crippen molar-refractivity contribution in [3.63, 3.8) is 0 Å². The van der Waals surface area contributed by atoms with E-state index in [1.54, 1.807) is 0 Å². The van der Waals surface area contributed by atoms with Gasteiger partial charge in [0.05, 0.1) is 0 Å². The summed E-state index contributed by atoms with van der Waals surface area (Å²) in [5, 5.41) is 13.0. The summed E-state index contributed by atoms with van der Waals surface area (Å²) in [5.74, 6) is -0.0336. The van der Waals surface area contributed by atoms with Crippen LogP contribution in [-0.4, -0.2) is 29.6 Å². The molecule has 5 heteroatoms. The van der Waals surface area contributed by atoms with E-state index >= 15 is 0 Å². The Morgan fingerprint density at radius 3 is 2.56 bits per heavy atom. The lowest BCUT2D eigenvalue weighted by Gasteiger charge is -2.28. The van der Waals surface area contributed by atoms with Gasteiger partial charge >= 0.3 is 0 Å². The van der Waals surface area contributed by atoms with Crippen molar-refractivity contribution in [1.29, 1.82) is 0 Å². The average molecular weight is 442 g/mol. The zero-order valence-corrected chi connectivity index (χ0v) is 18.8. The van der Waals surface area contributed by atoms with E-state index < -0.39 is 0 Å². The number of hydrogen-bond donors (Lipinski definition) is 3. The number of amides is 1. The summed E-state index contributed by atoms with van der Waals surface area (Å²) in [6, 6.07) is 21.2. The lowest BCUT2D eigenvalue weighted by Crippen LogP contribution is -2.45. The molecule has 1 unspecified atom stereocenters. The highest BCUT2D eigenvalue weighted by Crippen LogP contribution is 2.32. The number of thiocarbonyl (C=S) groups is 1. The Balaban J connectivity index is 1.33. The maximum absolute atomic E-state index is 13.1. The molecule has 1 saturated carbocycles. The van der Waals surface area contributed by atoms with Gasteiger partial charge in [-0.25, -0.2) is 0 Å². The third kappa shape index (κ3) is 4.68. The fraction of sp³-hybridized carbons (Fsp3) is 0.259. The largest absolute Gasteiger partial charge is 0.360 e. The number of carbonyl (C=O) groups excluding carboxylic acids is 1. The predicted octanol–water partition coefficient (Wildman–Crippen LogP) is 4.38. The molecule has 3 N–H and O–H groups in total. The highest BCUT2D eigenvalue weighted by Gasteiger charge is 2.27. The van der Waals surface area contributed by atoms with Crippen molar-refractivity contribution in [3.05, 3.63) is 89.0 Å².